The van der Waals surface area contributed by atoms with Crippen molar-refractivity contribution in [1.82, 2.24) is 0 Å². The monoisotopic (exact) mass is 416 g/mol. The van der Waals surface area contributed by atoms with Crippen LogP contribution in [0.5, 0.6) is 11.5 Å². The van der Waals surface area contributed by atoms with Gasteiger partial charge in [-0.2, -0.15) is 0 Å². The van der Waals surface area contributed by atoms with Crippen molar-refractivity contribution in [3.8, 4) is 22.6 Å². The third-order valence-electron chi connectivity index (χ3n) is 5.31. The van der Waals surface area contributed by atoms with Gasteiger partial charge in [-0.05, 0) is 29.8 Å². The third-order valence-corrected chi connectivity index (χ3v) is 5.31. The minimum absolute atomic E-state index is 0.0405. The number of rotatable bonds is 3. The Kier molecular flexibility index (Phi) is 5.22. The fourth-order valence-electron chi connectivity index (χ4n) is 3.67. The Hall–Kier alpha value is -2.95. The average Bonchev–Trinajstić information content (AvgIpc) is 2.74. The number of ether oxygens (including phenoxy) is 1. The van der Waals surface area contributed by atoms with Crippen molar-refractivity contribution in [3.63, 3.8) is 0 Å². The molecule has 3 aromatic rings. The lowest BCUT2D eigenvalue weighted by atomic mass is 9.89. The van der Waals surface area contributed by atoms with E-state index < -0.39 is 42.6 Å². The van der Waals surface area contributed by atoms with Gasteiger partial charge in [0.15, 0.2) is 0 Å². The van der Waals surface area contributed by atoms with E-state index in [2.05, 4.69) is 0 Å². The summed E-state index contributed by atoms with van der Waals surface area (Å²) in [5.74, 6) is -0.314. The highest BCUT2D eigenvalue weighted by Gasteiger charge is 2.45. The summed E-state index contributed by atoms with van der Waals surface area (Å²) in [5.41, 5.74) is 0.150. The summed E-state index contributed by atoms with van der Waals surface area (Å²) in [4.78, 5) is 13.0. The van der Waals surface area contributed by atoms with Crippen LogP contribution in [0.3, 0.4) is 0 Å². The van der Waals surface area contributed by atoms with Crippen molar-refractivity contribution in [2.45, 2.75) is 30.5 Å². The Labute approximate surface area is 169 Å². The standard InChI is InChI=1S/C21H20O9/c22-7-14-17(26)18(27)19(28)21(30-14)15-13(24)6-5-11-16(25)12(8-29-20(11)15)9-1-3-10(23)4-2-9/h1-6,8,14,17-19,21-24,26-28H,7H2/t14-,17+,18+,19+,21+/m0/s1. The average molecular weight is 416 g/mol. The SMILES string of the molecule is O=c1c(-c2ccc(O)cc2)coc2c([C@H]3O[C@@H](CO)[C@@H](O)[C@@H](O)[C@H]3O)c(O)ccc12. The van der Waals surface area contributed by atoms with Crippen LogP contribution in [0, 0.1) is 0 Å². The molecule has 9 nitrogen and oxygen atoms in total. The lowest BCUT2D eigenvalue weighted by molar-refractivity contribution is -0.231. The van der Waals surface area contributed by atoms with Crippen molar-refractivity contribution >= 4 is 11.0 Å². The number of phenolic OH excluding ortho intramolecular Hbond substituents is 2. The molecule has 0 spiro atoms. The molecule has 1 saturated heterocycles. The van der Waals surface area contributed by atoms with E-state index in [1.807, 2.05) is 0 Å². The van der Waals surface area contributed by atoms with Crippen molar-refractivity contribution in [2.75, 3.05) is 6.61 Å². The van der Waals surface area contributed by atoms with E-state index in [9.17, 15) is 35.4 Å². The fraction of sp³-hybridized carbons (Fsp3) is 0.286. The Bertz CT molecular complexity index is 1120. The van der Waals surface area contributed by atoms with Crippen LogP contribution >= 0.6 is 0 Å². The van der Waals surface area contributed by atoms with Crippen molar-refractivity contribution < 1.29 is 39.8 Å². The summed E-state index contributed by atoms with van der Waals surface area (Å²) in [6, 6.07) is 8.54. The highest BCUT2D eigenvalue weighted by molar-refractivity contribution is 5.86. The van der Waals surface area contributed by atoms with E-state index in [0.717, 1.165) is 0 Å². The zero-order valence-electron chi connectivity index (χ0n) is 15.5. The summed E-state index contributed by atoms with van der Waals surface area (Å²) >= 11 is 0. The van der Waals surface area contributed by atoms with E-state index >= 15 is 0 Å². The van der Waals surface area contributed by atoms with Gasteiger partial charge in [0, 0.05) is 0 Å². The van der Waals surface area contributed by atoms with Gasteiger partial charge < -0.3 is 39.8 Å². The number of phenols is 2. The molecule has 0 radical (unpaired) electrons. The number of hydrogen-bond donors (Lipinski definition) is 6. The van der Waals surface area contributed by atoms with E-state index in [-0.39, 0.29) is 33.6 Å². The molecule has 1 aliphatic heterocycles. The molecule has 4 rings (SSSR count). The van der Waals surface area contributed by atoms with E-state index in [1.54, 1.807) is 12.1 Å². The molecule has 9 heteroatoms. The largest absolute Gasteiger partial charge is 0.508 e. The molecule has 5 atom stereocenters. The summed E-state index contributed by atoms with van der Waals surface area (Å²) in [7, 11) is 0. The van der Waals surface area contributed by atoms with Crippen LogP contribution in [-0.2, 0) is 4.74 Å². The molecular weight excluding hydrogens is 396 g/mol. The number of hydrogen-bond acceptors (Lipinski definition) is 9. The van der Waals surface area contributed by atoms with Crippen molar-refractivity contribution in [2.24, 2.45) is 0 Å². The molecule has 1 fully saturated rings. The number of fused-ring (bicyclic) bond motifs is 1. The quantitative estimate of drug-likeness (QED) is 0.355. The first kappa shape index (κ1) is 20.3. The molecule has 2 heterocycles. The molecule has 6 N–H and O–H groups in total. The Balaban J connectivity index is 1.87. The minimum Gasteiger partial charge on any atom is -0.508 e. The number of aromatic hydroxyl groups is 2. The second-order valence-electron chi connectivity index (χ2n) is 7.15. The maximum absolute atomic E-state index is 13.0. The minimum atomic E-state index is -1.65. The molecule has 0 amide bonds. The number of aliphatic hydroxyl groups excluding tert-OH is 4. The van der Waals surface area contributed by atoms with Gasteiger partial charge in [-0.1, -0.05) is 12.1 Å². The van der Waals surface area contributed by atoms with Gasteiger partial charge in [0.05, 0.1) is 23.1 Å². The summed E-state index contributed by atoms with van der Waals surface area (Å²) in [6.45, 7) is -0.637. The van der Waals surface area contributed by atoms with Crippen LogP contribution in [0.4, 0.5) is 0 Å². The van der Waals surface area contributed by atoms with Gasteiger partial charge in [0.2, 0.25) is 5.43 Å². The van der Waals surface area contributed by atoms with Crippen LogP contribution in [0.15, 0.2) is 51.9 Å². The Morgan fingerprint density at radius 2 is 1.60 bits per heavy atom. The van der Waals surface area contributed by atoms with Gasteiger partial charge in [-0.15, -0.1) is 0 Å². The molecule has 158 valence electrons. The lowest BCUT2D eigenvalue weighted by Gasteiger charge is -2.40. The molecule has 0 unspecified atom stereocenters. The Morgan fingerprint density at radius 3 is 2.27 bits per heavy atom. The molecule has 0 bridgehead atoms. The number of benzene rings is 2. The molecule has 0 saturated carbocycles. The highest BCUT2D eigenvalue weighted by atomic mass is 16.5. The third kappa shape index (κ3) is 3.22. The maximum Gasteiger partial charge on any atom is 0.200 e. The van der Waals surface area contributed by atoms with Gasteiger partial charge in [-0.25, -0.2) is 0 Å². The highest BCUT2D eigenvalue weighted by Crippen LogP contribution is 2.40. The first-order chi connectivity index (χ1) is 14.3. The van der Waals surface area contributed by atoms with Gasteiger partial charge in [-0.3, -0.25) is 4.79 Å². The molecule has 30 heavy (non-hydrogen) atoms. The van der Waals surface area contributed by atoms with Gasteiger partial charge in [0.1, 0.15) is 53.9 Å². The van der Waals surface area contributed by atoms with Crippen LogP contribution in [0.25, 0.3) is 22.1 Å². The van der Waals surface area contributed by atoms with Crippen LogP contribution in [0.2, 0.25) is 0 Å². The zero-order chi connectivity index (χ0) is 21.6. The molecular formula is C21H20O9. The molecule has 2 aromatic carbocycles. The van der Waals surface area contributed by atoms with Gasteiger partial charge in [0.25, 0.3) is 0 Å². The topological polar surface area (TPSA) is 161 Å². The lowest BCUT2D eigenvalue weighted by Crippen LogP contribution is -2.55. The van der Waals surface area contributed by atoms with Crippen LogP contribution in [-0.4, -0.2) is 61.7 Å². The second kappa shape index (κ2) is 7.71. The van der Waals surface area contributed by atoms with E-state index in [1.165, 1.54) is 30.5 Å². The van der Waals surface area contributed by atoms with Crippen molar-refractivity contribution in [3.05, 3.63) is 58.4 Å². The first-order valence-corrected chi connectivity index (χ1v) is 9.20. The first-order valence-electron chi connectivity index (χ1n) is 9.20. The smallest absolute Gasteiger partial charge is 0.200 e. The second-order valence-corrected chi connectivity index (χ2v) is 7.15. The van der Waals surface area contributed by atoms with Gasteiger partial charge >= 0.3 is 0 Å². The summed E-state index contributed by atoms with van der Waals surface area (Å²) in [6.07, 6.45) is -6.24. The van der Waals surface area contributed by atoms with E-state index in [4.69, 9.17) is 9.15 Å². The molecule has 1 aliphatic rings. The normalized spacial score (nSPS) is 26.7. The molecule has 1 aromatic heterocycles. The summed E-state index contributed by atoms with van der Waals surface area (Å²) < 4.78 is 11.1. The van der Waals surface area contributed by atoms with E-state index in [0.29, 0.717) is 5.56 Å². The van der Waals surface area contributed by atoms with Crippen molar-refractivity contribution in [1.29, 1.82) is 0 Å². The predicted octanol–water partition coefficient (Wildman–Crippen LogP) is 0.386. The number of aliphatic hydroxyl groups is 4. The van der Waals surface area contributed by atoms with Crippen LogP contribution in [0.1, 0.15) is 11.7 Å². The zero-order valence-corrected chi connectivity index (χ0v) is 15.5. The maximum atomic E-state index is 13.0. The molecule has 0 aliphatic carbocycles. The summed E-state index contributed by atoms with van der Waals surface area (Å²) in [5, 5.41) is 59.8. The van der Waals surface area contributed by atoms with Crippen LogP contribution < -0.4 is 5.43 Å². The fourth-order valence-corrected chi connectivity index (χ4v) is 3.67. The Morgan fingerprint density at radius 1 is 0.900 bits per heavy atom. The predicted molar refractivity (Wildman–Crippen MR) is 104 cm³/mol.